The lowest BCUT2D eigenvalue weighted by atomic mass is 9.97. The average molecular weight is 404 g/mol. The zero-order chi connectivity index (χ0) is 19.0. The van der Waals surface area contributed by atoms with Crippen molar-refractivity contribution < 1.29 is 5.11 Å². The van der Waals surface area contributed by atoms with Crippen LogP contribution in [0.4, 0.5) is 0 Å². The molecule has 1 fully saturated rings. The zero-order valence-electron chi connectivity index (χ0n) is 15.8. The molecular formula is C21H26ClN3OS. The summed E-state index contributed by atoms with van der Waals surface area (Å²) in [5, 5.41) is 14.3. The van der Waals surface area contributed by atoms with Gasteiger partial charge in [-0.3, -0.25) is 0 Å². The van der Waals surface area contributed by atoms with Crippen LogP contribution in [0, 0.1) is 13.8 Å². The molecule has 0 bridgehead atoms. The second-order valence-electron chi connectivity index (χ2n) is 7.50. The van der Waals surface area contributed by atoms with E-state index in [1.165, 1.54) is 15.3 Å². The average Bonchev–Trinajstić information content (AvgIpc) is 3.18. The van der Waals surface area contributed by atoms with Crippen molar-refractivity contribution in [1.29, 1.82) is 0 Å². The molecular weight excluding hydrogens is 378 g/mol. The first kappa shape index (κ1) is 18.9. The highest BCUT2D eigenvalue weighted by atomic mass is 35.5. The Balaban J connectivity index is 1.61. The second kappa shape index (κ2) is 7.92. The molecule has 2 N–H and O–H groups in total. The standard InChI is InChI=1S/C21H26ClN3OS/c1-13-9-16(14(2)27-13)17-10-15(22)11-19-21(17)25(12-24-19)8-4-5-18-20(26)6-3-7-23-18/h9-12,18,20,23,26H,3-8H2,1-2H3/t18-,20+/m1/s1. The minimum atomic E-state index is -0.218. The van der Waals surface area contributed by atoms with Crippen molar-refractivity contribution in [2.75, 3.05) is 6.54 Å². The summed E-state index contributed by atoms with van der Waals surface area (Å²) in [5.41, 5.74) is 4.50. The number of thiophene rings is 1. The Labute approximate surface area is 169 Å². The minimum absolute atomic E-state index is 0.212. The predicted molar refractivity (Wildman–Crippen MR) is 114 cm³/mol. The van der Waals surface area contributed by atoms with Crippen molar-refractivity contribution in [3.63, 3.8) is 0 Å². The van der Waals surface area contributed by atoms with Crippen LogP contribution in [0.25, 0.3) is 22.2 Å². The topological polar surface area (TPSA) is 50.1 Å². The second-order valence-corrected chi connectivity index (χ2v) is 9.40. The number of rotatable bonds is 5. The van der Waals surface area contributed by atoms with E-state index >= 15 is 0 Å². The molecule has 27 heavy (non-hydrogen) atoms. The summed E-state index contributed by atoms with van der Waals surface area (Å²) in [6.07, 6.45) is 5.65. The van der Waals surface area contributed by atoms with E-state index in [0.29, 0.717) is 0 Å². The molecule has 0 aliphatic carbocycles. The van der Waals surface area contributed by atoms with Crippen LogP contribution in [0.3, 0.4) is 0 Å². The van der Waals surface area contributed by atoms with Gasteiger partial charge in [0.15, 0.2) is 0 Å². The van der Waals surface area contributed by atoms with Crippen molar-refractivity contribution >= 4 is 34.0 Å². The Morgan fingerprint density at radius 1 is 1.30 bits per heavy atom. The van der Waals surface area contributed by atoms with Crippen LogP contribution in [0.2, 0.25) is 5.02 Å². The molecule has 0 spiro atoms. The van der Waals surface area contributed by atoms with E-state index < -0.39 is 0 Å². The third kappa shape index (κ3) is 3.92. The van der Waals surface area contributed by atoms with Crippen molar-refractivity contribution in [3.8, 4) is 11.1 Å². The SMILES string of the molecule is Cc1cc(-c2cc(Cl)cc3ncn(CCC[C@H]4NCCC[C@@H]4O)c23)c(C)s1. The van der Waals surface area contributed by atoms with Gasteiger partial charge >= 0.3 is 0 Å². The number of nitrogens with zero attached hydrogens (tertiary/aromatic N) is 2. The molecule has 3 heterocycles. The number of aliphatic hydroxyl groups is 1. The Morgan fingerprint density at radius 2 is 2.15 bits per heavy atom. The lowest BCUT2D eigenvalue weighted by molar-refractivity contribution is 0.0909. The van der Waals surface area contributed by atoms with Gasteiger partial charge in [0, 0.05) is 32.9 Å². The molecule has 2 atom stereocenters. The molecule has 0 amide bonds. The highest BCUT2D eigenvalue weighted by Gasteiger charge is 2.22. The van der Waals surface area contributed by atoms with Gasteiger partial charge in [-0.1, -0.05) is 11.6 Å². The van der Waals surface area contributed by atoms with Gasteiger partial charge in [0.1, 0.15) is 0 Å². The van der Waals surface area contributed by atoms with Gasteiger partial charge < -0.3 is 15.0 Å². The maximum Gasteiger partial charge on any atom is 0.0958 e. The van der Waals surface area contributed by atoms with Gasteiger partial charge in [-0.25, -0.2) is 4.98 Å². The Bertz CT molecular complexity index is 948. The number of piperidine rings is 1. The molecule has 1 aliphatic rings. The number of hydrogen-bond donors (Lipinski definition) is 2. The maximum atomic E-state index is 10.2. The smallest absolute Gasteiger partial charge is 0.0958 e. The lowest BCUT2D eigenvalue weighted by Crippen LogP contribution is -2.44. The largest absolute Gasteiger partial charge is 0.392 e. The molecule has 1 saturated heterocycles. The first-order chi connectivity index (χ1) is 13.0. The summed E-state index contributed by atoms with van der Waals surface area (Å²) in [5.74, 6) is 0. The molecule has 0 saturated carbocycles. The first-order valence-electron chi connectivity index (χ1n) is 9.66. The third-order valence-corrected chi connectivity index (χ3v) is 6.66. The first-order valence-corrected chi connectivity index (χ1v) is 10.9. The van der Waals surface area contributed by atoms with Gasteiger partial charge in [0.25, 0.3) is 0 Å². The Kier molecular flexibility index (Phi) is 5.55. The van der Waals surface area contributed by atoms with Crippen molar-refractivity contribution in [2.24, 2.45) is 0 Å². The molecule has 4 nitrogen and oxygen atoms in total. The fraction of sp³-hybridized carbons (Fsp3) is 0.476. The van der Waals surface area contributed by atoms with E-state index in [1.54, 1.807) is 0 Å². The summed E-state index contributed by atoms with van der Waals surface area (Å²) in [6, 6.07) is 6.45. The third-order valence-electron chi connectivity index (χ3n) is 5.47. The quantitative estimate of drug-likeness (QED) is 0.635. The van der Waals surface area contributed by atoms with Gasteiger partial charge in [0.05, 0.1) is 23.5 Å². The molecule has 144 valence electrons. The highest BCUT2D eigenvalue weighted by Crippen LogP contribution is 2.37. The van der Waals surface area contributed by atoms with E-state index in [1.807, 2.05) is 23.7 Å². The van der Waals surface area contributed by atoms with Gasteiger partial charge in [0.2, 0.25) is 0 Å². The van der Waals surface area contributed by atoms with Crippen molar-refractivity contribution in [2.45, 2.75) is 58.2 Å². The minimum Gasteiger partial charge on any atom is -0.392 e. The molecule has 1 aromatic carbocycles. The van der Waals surface area contributed by atoms with Crippen LogP contribution in [-0.2, 0) is 6.54 Å². The lowest BCUT2D eigenvalue weighted by Gasteiger charge is -2.29. The normalized spacial score (nSPS) is 20.4. The summed E-state index contributed by atoms with van der Waals surface area (Å²) in [4.78, 5) is 7.21. The van der Waals surface area contributed by atoms with E-state index in [-0.39, 0.29) is 12.1 Å². The number of halogens is 1. The van der Waals surface area contributed by atoms with Gasteiger partial charge in [-0.2, -0.15) is 0 Å². The van der Waals surface area contributed by atoms with Crippen LogP contribution in [-0.4, -0.2) is 33.3 Å². The van der Waals surface area contributed by atoms with Crippen LogP contribution >= 0.6 is 22.9 Å². The Hall–Kier alpha value is -1.40. The van der Waals surface area contributed by atoms with Crippen LogP contribution in [0.5, 0.6) is 0 Å². The fourth-order valence-electron chi connectivity index (χ4n) is 4.16. The zero-order valence-corrected chi connectivity index (χ0v) is 17.4. The van der Waals surface area contributed by atoms with Crippen LogP contribution in [0.15, 0.2) is 24.5 Å². The molecule has 4 rings (SSSR count). The number of imidazole rings is 1. The fourth-order valence-corrected chi connectivity index (χ4v) is 5.31. The van der Waals surface area contributed by atoms with E-state index in [0.717, 1.165) is 60.4 Å². The number of benzene rings is 1. The van der Waals surface area contributed by atoms with Crippen molar-refractivity contribution in [3.05, 3.63) is 39.3 Å². The van der Waals surface area contributed by atoms with E-state index in [4.69, 9.17) is 11.6 Å². The van der Waals surface area contributed by atoms with Gasteiger partial charge in [-0.05, 0) is 69.8 Å². The number of nitrogens with one attached hydrogen (secondary N) is 1. The summed E-state index contributed by atoms with van der Waals surface area (Å²) < 4.78 is 2.24. The number of hydrogen-bond acceptors (Lipinski definition) is 4. The number of aromatic nitrogens is 2. The Morgan fingerprint density at radius 3 is 2.89 bits per heavy atom. The molecule has 0 unspecified atom stereocenters. The number of fused-ring (bicyclic) bond motifs is 1. The van der Waals surface area contributed by atoms with Gasteiger partial charge in [-0.15, -0.1) is 11.3 Å². The number of aliphatic hydroxyl groups excluding tert-OH is 1. The number of aryl methyl sites for hydroxylation is 3. The predicted octanol–water partition coefficient (Wildman–Crippen LogP) is 4.93. The van der Waals surface area contributed by atoms with Crippen LogP contribution in [0.1, 0.15) is 35.4 Å². The summed E-state index contributed by atoms with van der Waals surface area (Å²) >= 11 is 8.20. The van der Waals surface area contributed by atoms with E-state index in [9.17, 15) is 5.11 Å². The summed E-state index contributed by atoms with van der Waals surface area (Å²) in [6.45, 7) is 6.20. The monoisotopic (exact) mass is 403 g/mol. The molecule has 0 radical (unpaired) electrons. The molecule has 6 heteroatoms. The van der Waals surface area contributed by atoms with Crippen molar-refractivity contribution in [1.82, 2.24) is 14.9 Å². The molecule has 2 aromatic heterocycles. The van der Waals surface area contributed by atoms with Crippen LogP contribution < -0.4 is 5.32 Å². The molecule has 3 aromatic rings. The molecule has 1 aliphatic heterocycles. The maximum absolute atomic E-state index is 10.2. The van der Waals surface area contributed by atoms with E-state index in [2.05, 4.69) is 40.8 Å². The summed E-state index contributed by atoms with van der Waals surface area (Å²) in [7, 11) is 0. The highest BCUT2D eigenvalue weighted by molar-refractivity contribution is 7.12.